The molecule has 0 unspecified atom stereocenters. The molecule has 4 atom stereocenters. The van der Waals surface area contributed by atoms with Gasteiger partial charge in [-0.15, -0.1) is 0 Å². The van der Waals surface area contributed by atoms with Gasteiger partial charge in [0.05, 0.1) is 23.1 Å². The predicted octanol–water partition coefficient (Wildman–Crippen LogP) is 3.15. The van der Waals surface area contributed by atoms with Crippen molar-refractivity contribution in [1.82, 2.24) is 9.88 Å². The molecule has 0 spiro atoms. The minimum Gasteiger partial charge on any atom is -0.444 e. The van der Waals surface area contributed by atoms with Crippen LogP contribution in [0.15, 0.2) is 23.5 Å². The second-order valence-corrected chi connectivity index (χ2v) is 5.99. The molecule has 110 valence electrons. The molecule has 1 aliphatic carbocycles. The van der Waals surface area contributed by atoms with Gasteiger partial charge in [0.15, 0.2) is 0 Å². The monoisotopic (exact) mass is 303 g/mol. The number of carbonyl (C=O) groups is 1. The van der Waals surface area contributed by atoms with Crippen LogP contribution in [0, 0.1) is 5.92 Å². The highest BCUT2D eigenvalue weighted by molar-refractivity contribution is 7.78. The van der Waals surface area contributed by atoms with Gasteiger partial charge in [0.2, 0.25) is 0 Å². The Labute approximate surface area is 129 Å². The number of carbonyl (C=O) groups excluding carboxylic acids is 1. The van der Waals surface area contributed by atoms with E-state index in [9.17, 15) is 4.79 Å². The Morgan fingerprint density at radius 3 is 3.10 bits per heavy atom. The molecule has 1 aromatic rings. The van der Waals surface area contributed by atoms with Crippen LogP contribution in [0.2, 0.25) is 0 Å². The summed E-state index contributed by atoms with van der Waals surface area (Å²) < 4.78 is 5.47. The third kappa shape index (κ3) is 2.45. The van der Waals surface area contributed by atoms with Crippen LogP contribution in [-0.4, -0.2) is 40.3 Å². The van der Waals surface area contributed by atoms with Gasteiger partial charge in [0.1, 0.15) is 6.10 Å². The van der Waals surface area contributed by atoms with Crippen molar-refractivity contribution in [2.45, 2.75) is 37.8 Å². The average molecular weight is 303 g/mol. The van der Waals surface area contributed by atoms with Crippen LogP contribution < -0.4 is 0 Å². The van der Waals surface area contributed by atoms with Gasteiger partial charge in [0.25, 0.3) is 0 Å². The van der Waals surface area contributed by atoms with E-state index in [1.807, 2.05) is 13.1 Å². The lowest BCUT2D eigenvalue weighted by molar-refractivity contribution is 0.0677. The molecule has 1 saturated heterocycles. The van der Waals surface area contributed by atoms with Crippen molar-refractivity contribution in [3.05, 3.63) is 24.0 Å². The molecule has 5 nitrogen and oxygen atoms in total. The van der Waals surface area contributed by atoms with Gasteiger partial charge in [-0.25, -0.2) is 4.79 Å². The van der Waals surface area contributed by atoms with E-state index in [0.717, 1.165) is 24.1 Å². The van der Waals surface area contributed by atoms with Crippen LogP contribution in [0.25, 0.3) is 0 Å². The van der Waals surface area contributed by atoms with Gasteiger partial charge >= 0.3 is 6.09 Å². The molecule has 6 heteroatoms. The quantitative estimate of drug-likeness (QED) is 0.622. The fourth-order valence-electron chi connectivity index (χ4n) is 3.53. The second-order valence-electron chi connectivity index (χ2n) is 5.81. The SMILES string of the molecule is C[C@H]1C[C@@H](c2ccncc2N=C=S)C[C@@H]2[C@H]1OC(=O)N2C. The highest BCUT2D eigenvalue weighted by Gasteiger charge is 2.47. The molecule has 0 radical (unpaired) electrons. The van der Waals surface area contributed by atoms with Crippen molar-refractivity contribution >= 4 is 29.2 Å². The van der Waals surface area contributed by atoms with Gasteiger partial charge in [-0.2, -0.15) is 4.99 Å². The Kier molecular flexibility index (Phi) is 3.74. The zero-order chi connectivity index (χ0) is 15.0. The smallest absolute Gasteiger partial charge is 0.410 e. The molecular weight excluding hydrogens is 286 g/mol. The van der Waals surface area contributed by atoms with Crippen molar-refractivity contribution < 1.29 is 9.53 Å². The molecule has 21 heavy (non-hydrogen) atoms. The maximum atomic E-state index is 11.8. The molecule has 2 heterocycles. The summed E-state index contributed by atoms with van der Waals surface area (Å²) in [4.78, 5) is 21.7. The van der Waals surface area contributed by atoms with Crippen LogP contribution in [0.1, 0.15) is 31.2 Å². The number of fused-ring (bicyclic) bond motifs is 1. The fourth-order valence-corrected chi connectivity index (χ4v) is 3.63. The molecule has 0 N–H and O–H groups in total. The standard InChI is InChI=1S/C15H17N3O2S/c1-9-5-10(6-13-14(9)20-15(19)18(13)2)11-3-4-16-7-12(11)17-8-21/h3-4,7,9-10,13-14H,5-6H2,1-2H3/t9-,10+,13+,14-/m0/s1. The van der Waals surface area contributed by atoms with Crippen LogP contribution in [0.5, 0.6) is 0 Å². The first-order valence-electron chi connectivity index (χ1n) is 7.07. The Bertz CT molecular complexity index is 615. The molecule has 2 fully saturated rings. The summed E-state index contributed by atoms with van der Waals surface area (Å²) in [7, 11) is 1.81. The summed E-state index contributed by atoms with van der Waals surface area (Å²) in [6, 6.07) is 2.12. The second kappa shape index (κ2) is 5.54. The molecule has 1 saturated carbocycles. The zero-order valence-corrected chi connectivity index (χ0v) is 12.8. The Balaban J connectivity index is 1.91. The number of hydrogen-bond donors (Lipinski definition) is 0. The van der Waals surface area contributed by atoms with Gasteiger partial charge in [-0.05, 0) is 48.5 Å². The third-order valence-electron chi connectivity index (χ3n) is 4.58. The number of ether oxygens (including phenoxy) is 1. The summed E-state index contributed by atoms with van der Waals surface area (Å²) in [5, 5.41) is 2.42. The molecule has 1 amide bonds. The van der Waals surface area contributed by atoms with Crippen LogP contribution in [0.4, 0.5) is 10.5 Å². The number of isothiocyanates is 1. The van der Waals surface area contributed by atoms with E-state index in [4.69, 9.17) is 17.0 Å². The molecule has 1 aromatic heterocycles. The number of aliphatic imine (C=N–C) groups is 1. The molecule has 0 bridgehead atoms. The van der Waals surface area contributed by atoms with Crippen LogP contribution >= 0.6 is 12.2 Å². The molecule has 1 aliphatic heterocycles. The van der Waals surface area contributed by atoms with Crippen molar-refractivity contribution in [3.8, 4) is 0 Å². The number of pyridine rings is 1. The highest BCUT2D eigenvalue weighted by atomic mass is 32.1. The zero-order valence-electron chi connectivity index (χ0n) is 12.0. The van der Waals surface area contributed by atoms with Crippen LogP contribution in [0.3, 0.4) is 0 Å². The first kappa shape index (κ1) is 14.2. The van der Waals surface area contributed by atoms with E-state index in [1.54, 1.807) is 17.3 Å². The Hall–Kier alpha value is -1.78. The summed E-state index contributed by atoms with van der Waals surface area (Å²) in [5.41, 5.74) is 1.90. The number of thiocarbonyl (C=S) groups is 1. The number of likely N-dealkylation sites (N-methyl/N-ethyl adjacent to an activating group) is 1. The minimum absolute atomic E-state index is 0.00180. The van der Waals surface area contributed by atoms with Crippen molar-refractivity contribution in [3.63, 3.8) is 0 Å². The first-order chi connectivity index (χ1) is 10.1. The lowest BCUT2D eigenvalue weighted by Gasteiger charge is -2.36. The predicted molar refractivity (Wildman–Crippen MR) is 81.9 cm³/mol. The van der Waals surface area contributed by atoms with E-state index in [0.29, 0.717) is 11.8 Å². The van der Waals surface area contributed by atoms with E-state index < -0.39 is 0 Å². The number of aromatic nitrogens is 1. The number of rotatable bonds is 2. The van der Waals surface area contributed by atoms with Crippen molar-refractivity contribution in [2.24, 2.45) is 10.9 Å². The Morgan fingerprint density at radius 2 is 2.33 bits per heavy atom. The van der Waals surface area contributed by atoms with Gasteiger partial charge < -0.3 is 9.64 Å². The van der Waals surface area contributed by atoms with E-state index in [-0.39, 0.29) is 18.2 Å². The van der Waals surface area contributed by atoms with E-state index in [1.165, 1.54) is 0 Å². The maximum absolute atomic E-state index is 11.8. The van der Waals surface area contributed by atoms with Crippen molar-refractivity contribution in [1.29, 1.82) is 0 Å². The number of hydrogen-bond acceptors (Lipinski definition) is 5. The van der Waals surface area contributed by atoms with Crippen LogP contribution in [-0.2, 0) is 4.74 Å². The highest BCUT2D eigenvalue weighted by Crippen LogP contribution is 2.44. The molecule has 0 aromatic carbocycles. The largest absolute Gasteiger partial charge is 0.444 e. The summed E-state index contributed by atoms with van der Waals surface area (Å²) in [6.07, 6.45) is 5.11. The minimum atomic E-state index is -0.218. The van der Waals surface area contributed by atoms with Gasteiger partial charge in [-0.3, -0.25) is 4.98 Å². The van der Waals surface area contributed by atoms with Crippen molar-refractivity contribution in [2.75, 3.05) is 7.05 Å². The first-order valence-corrected chi connectivity index (χ1v) is 7.48. The normalized spacial score (nSPS) is 31.3. The molecular formula is C15H17N3O2S. The van der Waals surface area contributed by atoms with Gasteiger partial charge in [-0.1, -0.05) is 6.92 Å². The topological polar surface area (TPSA) is 54.8 Å². The number of nitrogens with zero attached hydrogens (tertiary/aromatic N) is 3. The average Bonchev–Trinajstić information content (AvgIpc) is 2.77. The third-order valence-corrected chi connectivity index (χ3v) is 4.67. The number of amides is 1. The van der Waals surface area contributed by atoms with Gasteiger partial charge in [0, 0.05) is 13.2 Å². The maximum Gasteiger partial charge on any atom is 0.410 e. The lowest BCUT2D eigenvalue weighted by Crippen LogP contribution is -2.42. The summed E-state index contributed by atoms with van der Waals surface area (Å²) >= 11 is 4.71. The fraction of sp³-hybridized carbons (Fsp3) is 0.533. The summed E-state index contributed by atoms with van der Waals surface area (Å²) in [5.74, 6) is 0.642. The van der Waals surface area contributed by atoms with E-state index in [2.05, 4.69) is 22.1 Å². The molecule has 3 rings (SSSR count). The Morgan fingerprint density at radius 1 is 1.52 bits per heavy atom. The molecule has 2 aliphatic rings. The summed E-state index contributed by atoms with van der Waals surface area (Å²) in [6.45, 7) is 2.14. The van der Waals surface area contributed by atoms with E-state index >= 15 is 0 Å². The lowest BCUT2D eigenvalue weighted by atomic mass is 9.74.